The number of rotatable bonds is 8. The summed E-state index contributed by atoms with van der Waals surface area (Å²) in [5.74, 6) is 0.0837. The maximum atomic E-state index is 12.2. The molecule has 0 saturated heterocycles. The number of halogens is 1. The van der Waals surface area contributed by atoms with Crippen LogP contribution >= 0.6 is 15.9 Å². The summed E-state index contributed by atoms with van der Waals surface area (Å²) < 4.78 is 1.08. The first kappa shape index (κ1) is 18.7. The van der Waals surface area contributed by atoms with Gasteiger partial charge in [-0.25, -0.2) is 0 Å². The molecule has 4 N–H and O–H groups in total. The van der Waals surface area contributed by atoms with Crippen LogP contribution in [0.3, 0.4) is 0 Å². The van der Waals surface area contributed by atoms with Crippen LogP contribution in [0.2, 0.25) is 0 Å². The third-order valence-electron chi connectivity index (χ3n) is 4.72. The summed E-state index contributed by atoms with van der Waals surface area (Å²) in [5.41, 5.74) is 3.64. The predicted molar refractivity (Wildman–Crippen MR) is 109 cm³/mol. The lowest BCUT2D eigenvalue weighted by Crippen LogP contribution is -2.87. The van der Waals surface area contributed by atoms with E-state index in [1.807, 2.05) is 30.5 Å². The zero-order valence-corrected chi connectivity index (χ0v) is 16.6. The van der Waals surface area contributed by atoms with E-state index >= 15 is 0 Å². The minimum Gasteiger partial charge on any atom is -0.361 e. The molecule has 1 heterocycles. The van der Waals surface area contributed by atoms with Gasteiger partial charge < -0.3 is 15.6 Å². The molecule has 1 aromatic heterocycles. The number of carbonyl (C=O) groups is 1. The second kappa shape index (κ2) is 9.01. The summed E-state index contributed by atoms with van der Waals surface area (Å²) in [7, 11) is 0. The van der Waals surface area contributed by atoms with Crippen molar-refractivity contribution in [3.63, 3.8) is 0 Å². The Bertz CT molecular complexity index is 857. The molecule has 0 aliphatic rings. The Hall–Kier alpha value is -2.11. The van der Waals surface area contributed by atoms with Crippen molar-refractivity contribution in [1.82, 2.24) is 10.3 Å². The number of quaternary nitrogens is 1. The van der Waals surface area contributed by atoms with E-state index in [-0.39, 0.29) is 5.91 Å². The first-order valence-corrected chi connectivity index (χ1v) is 9.87. The molecule has 26 heavy (non-hydrogen) atoms. The van der Waals surface area contributed by atoms with Crippen LogP contribution in [-0.4, -0.2) is 24.0 Å². The second-order valence-corrected chi connectivity index (χ2v) is 7.38. The Morgan fingerprint density at radius 3 is 2.73 bits per heavy atom. The maximum absolute atomic E-state index is 12.2. The number of nitrogens with two attached hydrogens (primary N) is 1. The smallest absolute Gasteiger partial charge is 0.275 e. The van der Waals surface area contributed by atoms with Gasteiger partial charge in [0.25, 0.3) is 5.91 Å². The number of aromatic nitrogens is 1. The average Bonchev–Trinajstić information content (AvgIpc) is 3.07. The lowest BCUT2D eigenvalue weighted by atomic mass is 10.0. The minimum atomic E-state index is 0.0837. The highest BCUT2D eigenvalue weighted by atomic mass is 79.9. The molecule has 1 atom stereocenters. The fraction of sp³-hybridized carbons (Fsp3) is 0.286. The van der Waals surface area contributed by atoms with Crippen molar-refractivity contribution in [1.29, 1.82) is 0 Å². The highest BCUT2D eigenvalue weighted by Crippen LogP contribution is 2.18. The molecule has 5 heteroatoms. The van der Waals surface area contributed by atoms with Crippen molar-refractivity contribution in [2.45, 2.75) is 25.8 Å². The molecule has 0 aliphatic carbocycles. The number of H-pyrrole nitrogens is 1. The molecule has 0 bridgehead atoms. The van der Waals surface area contributed by atoms with Crippen molar-refractivity contribution in [3.8, 4) is 0 Å². The summed E-state index contributed by atoms with van der Waals surface area (Å²) >= 11 is 3.46. The molecule has 0 aliphatic heterocycles. The predicted octanol–water partition coefficient (Wildman–Crippen LogP) is 3.30. The molecule has 0 spiro atoms. The van der Waals surface area contributed by atoms with Gasteiger partial charge in [-0.15, -0.1) is 0 Å². The largest absolute Gasteiger partial charge is 0.361 e. The van der Waals surface area contributed by atoms with Crippen LogP contribution in [0.4, 0.5) is 0 Å². The van der Waals surface area contributed by atoms with E-state index < -0.39 is 0 Å². The SMILES string of the molecule is CC[C@H]([NH2+]CC(=O)NCCc1c[nH]c2ccccc12)c1ccc(Br)cc1. The Balaban J connectivity index is 1.45. The molecule has 0 saturated carbocycles. The molecule has 0 fully saturated rings. The first-order valence-electron chi connectivity index (χ1n) is 9.08. The molecule has 3 rings (SSSR count). The van der Waals surface area contributed by atoms with Gasteiger partial charge in [0.1, 0.15) is 6.04 Å². The maximum Gasteiger partial charge on any atom is 0.275 e. The van der Waals surface area contributed by atoms with Gasteiger partial charge in [-0.1, -0.05) is 53.2 Å². The third kappa shape index (κ3) is 4.74. The second-order valence-electron chi connectivity index (χ2n) is 6.47. The van der Waals surface area contributed by atoms with Gasteiger partial charge >= 0.3 is 0 Å². The number of fused-ring (bicyclic) bond motifs is 1. The van der Waals surface area contributed by atoms with Crippen molar-refractivity contribution in [2.75, 3.05) is 13.1 Å². The number of para-hydroxylation sites is 1. The highest BCUT2D eigenvalue weighted by Gasteiger charge is 2.14. The molecular formula is C21H25BrN3O+. The van der Waals surface area contributed by atoms with Gasteiger partial charge in [-0.2, -0.15) is 0 Å². The molecule has 0 unspecified atom stereocenters. The summed E-state index contributed by atoms with van der Waals surface area (Å²) in [6.07, 6.45) is 3.85. The third-order valence-corrected chi connectivity index (χ3v) is 5.25. The van der Waals surface area contributed by atoms with Crippen LogP contribution in [0.25, 0.3) is 10.9 Å². The number of amides is 1. The molecule has 2 aromatic carbocycles. The van der Waals surface area contributed by atoms with Gasteiger partial charge in [0.15, 0.2) is 6.54 Å². The molecular weight excluding hydrogens is 390 g/mol. The molecule has 3 aromatic rings. The van der Waals surface area contributed by atoms with Gasteiger partial charge in [0, 0.05) is 40.1 Å². The van der Waals surface area contributed by atoms with Crippen LogP contribution in [0.1, 0.15) is 30.5 Å². The molecule has 1 amide bonds. The van der Waals surface area contributed by atoms with Crippen molar-refractivity contribution in [3.05, 3.63) is 70.3 Å². The van der Waals surface area contributed by atoms with Gasteiger partial charge in [-0.05, 0) is 30.2 Å². The Morgan fingerprint density at radius 2 is 1.96 bits per heavy atom. The van der Waals surface area contributed by atoms with E-state index in [0.717, 1.165) is 22.8 Å². The number of hydrogen-bond acceptors (Lipinski definition) is 1. The summed E-state index contributed by atoms with van der Waals surface area (Å²) in [6.45, 7) is 3.25. The van der Waals surface area contributed by atoms with Crippen molar-refractivity contribution >= 4 is 32.7 Å². The standard InChI is InChI=1S/C21H24BrN3O/c1-2-19(15-7-9-17(22)10-8-15)25-14-21(26)23-12-11-16-13-24-20-6-4-3-5-18(16)20/h3-10,13,19,24-25H,2,11-12,14H2,1H3,(H,23,26)/p+1/t19-/m0/s1. The average molecular weight is 415 g/mol. The Morgan fingerprint density at radius 1 is 1.19 bits per heavy atom. The number of nitrogens with one attached hydrogen (secondary N) is 2. The normalized spacial score (nSPS) is 12.2. The minimum absolute atomic E-state index is 0.0837. The topological polar surface area (TPSA) is 61.5 Å². The number of aromatic amines is 1. The van der Waals surface area contributed by atoms with Crippen molar-refractivity contribution < 1.29 is 10.1 Å². The quantitative estimate of drug-likeness (QED) is 0.520. The van der Waals surface area contributed by atoms with E-state index in [4.69, 9.17) is 0 Å². The van der Waals surface area contributed by atoms with E-state index in [1.54, 1.807) is 0 Å². The van der Waals surface area contributed by atoms with Crippen LogP contribution in [0, 0.1) is 0 Å². The Kier molecular flexibility index (Phi) is 6.47. The molecule has 4 nitrogen and oxygen atoms in total. The fourth-order valence-electron chi connectivity index (χ4n) is 3.24. The summed E-state index contributed by atoms with van der Waals surface area (Å²) in [4.78, 5) is 15.5. The molecule has 0 radical (unpaired) electrons. The zero-order chi connectivity index (χ0) is 18.4. The van der Waals surface area contributed by atoms with Crippen molar-refractivity contribution in [2.24, 2.45) is 0 Å². The lowest BCUT2D eigenvalue weighted by Gasteiger charge is -2.14. The van der Waals surface area contributed by atoms with E-state index in [2.05, 4.69) is 62.7 Å². The van der Waals surface area contributed by atoms with E-state index in [9.17, 15) is 4.79 Å². The summed E-state index contributed by atoms with van der Waals surface area (Å²) in [6, 6.07) is 16.9. The zero-order valence-electron chi connectivity index (χ0n) is 15.0. The number of benzene rings is 2. The highest BCUT2D eigenvalue weighted by molar-refractivity contribution is 9.10. The summed E-state index contributed by atoms with van der Waals surface area (Å²) in [5, 5.41) is 6.38. The number of carbonyl (C=O) groups excluding carboxylic acids is 1. The van der Waals surface area contributed by atoms with E-state index in [1.165, 1.54) is 16.5 Å². The first-order chi connectivity index (χ1) is 12.7. The fourth-order valence-corrected chi connectivity index (χ4v) is 3.51. The van der Waals surface area contributed by atoms with E-state index in [0.29, 0.717) is 19.1 Å². The molecule has 136 valence electrons. The van der Waals surface area contributed by atoms with Crippen LogP contribution in [-0.2, 0) is 11.2 Å². The van der Waals surface area contributed by atoms with Gasteiger partial charge in [0.2, 0.25) is 0 Å². The number of hydrogen-bond donors (Lipinski definition) is 3. The lowest BCUT2D eigenvalue weighted by molar-refractivity contribution is -0.686. The van der Waals surface area contributed by atoms with Gasteiger partial charge in [-0.3, -0.25) is 4.79 Å². The van der Waals surface area contributed by atoms with Crippen LogP contribution in [0.5, 0.6) is 0 Å². The van der Waals surface area contributed by atoms with Gasteiger partial charge in [0.05, 0.1) is 0 Å². The van der Waals surface area contributed by atoms with Crippen LogP contribution in [0.15, 0.2) is 59.2 Å². The Labute approximate surface area is 162 Å². The van der Waals surface area contributed by atoms with Crippen LogP contribution < -0.4 is 10.6 Å². The monoisotopic (exact) mass is 414 g/mol.